The van der Waals surface area contributed by atoms with Crippen molar-refractivity contribution in [3.8, 4) is 0 Å². The highest BCUT2D eigenvalue weighted by molar-refractivity contribution is 7.88. The van der Waals surface area contributed by atoms with Crippen LogP contribution in [0.3, 0.4) is 0 Å². The second-order valence-electron chi connectivity index (χ2n) is 4.76. The van der Waals surface area contributed by atoms with Gasteiger partial charge in [0, 0.05) is 38.1 Å². The molecule has 2 rings (SSSR count). The molecular weight excluding hydrogens is 276 g/mol. The van der Waals surface area contributed by atoms with E-state index in [0.717, 1.165) is 4.57 Å². The van der Waals surface area contributed by atoms with Crippen molar-refractivity contribution in [1.82, 2.24) is 14.2 Å². The first-order valence-corrected chi connectivity index (χ1v) is 7.82. The predicted octanol–water partition coefficient (Wildman–Crippen LogP) is 0.864. The predicted molar refractivity (Wildman–Crippen MR) is 67.3 cm³/mol. The summed E-state index contributed by atoms with van der Waals surface area (Å²) in [6.45, 7) is -0.549. The molecular formula is C11H17F2N3O2S. The fourth-order valence-corrected chi connectivity index (χ4v) is 3.06. The number of halogens is 2. The van der Waals surface area contributed by atoms with Gasteiger partial charge in [-0.25, -0.2) is 12.7 Å². The van der Waals surface area contributed by atoms with Crippen LogP contribution < -0.4 is 5.32 Å². The van der Waals surface area contributed by atoms with Crippen LogP contribution in [0, 0.1) is 5.92 Å². The van der Waals surface area contributed by atoms with Crippen molar-refractivity contribution < 1.29 is 17.2 Å². The molecule has 19 heavy (non-hydrogen) atoms. The Labute approximate surface area is 111 Å². The van der Waals surface area contributed by atoms with Crippen LogP contribution in [0.25, 0.3) is 0 Å². The summed E-state index contributed by atoms with van der Waals surface area (Å²) >= 11 is 0. The maximum Gasteiger partial charge on any atom is 0.318 e. The lowest BCUT2D eigenvalue weighted by molar-refractivity contribution is 0.0672. The third-order valence-corrected chi connectivity index (χ3v) is 4.45. The van der Waals surface area contributed by atoms with Crippen molar-refractivity contribution in [1.29, 1.82) is 0 Å². The summed E-state index contributed by atoms with van der Waals surface area (Å²) in [4.78, 5) is 0. The summed E-state index contributed by atoms with van der Waals surface area (Å²) in [6, 6.07) is 3.22. The highest BCUT2D eigenvalue weighted by Crippen LogP contribution is 2.18. The van der Waals surface area contributed by atoms with E-state index in [4.69, 9.17) is 0 Å². The summed E-state index contributed by atoms with van der Waals surface area (Å²) in [7, 11) is -3.08. The fourth-order valence-electron chi connectivity index (χ4n) is 2.10. The molecule has 8 heteroatoms. The van der Waals surface area contributed by atoms with E-state index in [1.807, 2.05) is 0 Å². The van der Waals surface area contributed by atoms with Gasteiger partial charge in [-0.2, -0.15) is 8.78 Å². The Balaban J connectivity index is 1.72. The smallest absolute Gasteiger partial charge is 0.311 e. The molecule has 1 N–H and O–H groups in total. The van der Waals surface area contributed by atoms with E-state index in [-0.39, 0.29) is 5.92 Å². The van der Waals surface area contributed by atoms with Crippen LogP contribution in [-0.2, 0) is 16.6 Å². The zero-order valence-electron chi connectivity index (χ0n) is 10.6. The topological polar surface area (TPSA) is 54.3 Å². The molecule has 0 bridgehead atoms. The molecule has 108 valence electrons. The number of hydrogen-bond acceptors (Lipinski definition) is 3. The van der Waals surface area contributed by atoms with Crippen LogP contribution >= 0.6 is 0 Å². The van der Waals surface area contributed by atoms with Crippen LogP contribution in [0.2, 0.25) is 0 Å². The van der Waals surface area contributed by atoms with Crippen LogP contribution in [0.1, 0.15) is 12.2 Å². The third kappa shape index (κ3) is 3.52. The van der Waals surface area contributed by atoms with E-state index in [1.165, 1.54) is 16.8 Å². The minimum atomic E-state index is -3.08. The molecule has 2 heterocycles. The van der Waals surface area contributed by atoms with Gasteiger partial charge in [-0.15, -0.1) is 0 Å². The molecule has 0 spiro atoms. The normalized spacial score (nSPS) is 17.9. The molecule has 1 saturated heterocycles. The quantitative estimate of drug-likeness (QED) is 0.846. The Morgan fingerprint density at radius 2 is 2.16 bits per heavy atom. The zero-order chi connectivity index (χ0) is 14.0. The number of sulfonamides is 1. The molecule has 0 amide bonds. The van der Waals surface area contributed by atoms with Crippen LogP contribution in [0.15, 0.2) is 18.3 Å². The van der Waals surface area contributed by atoms with Gasteiger partial charge in [0.2, 0.25) is 10.0 Å². The van der Waals surface area contributed by atoms with Crippen molar-refractivity contribution >= 4 is 10.0 Å². The van der Waals surface area contributed by atoms with Gasteiger partial charge in [-0.05, 0) is 18.1 Å². The molecule has 1 aliphatic rings. The molecule has 1 aromatic heterocycles. The number of rotatable bonds is 6. The molecule has 0 radical (unpaired) electrons. The summed E-state index contributed by atoms with van der Waals surface area (Å²) in [6.07, 6.45) is 2.53. The lowest BCUT2D eigenvalue weighted by atomic mass is 10.0. The van der Waals surface area contributed by atoms with Gasteiger partial charge >= 0.3 is 6.55 Å². The summed E-state index contributed by atoms with van der Waals surface area (Å²) in [5.41, 5.74) is 0.522. The first kappa shape index (κ1) is 14.4. The second kappa shape index (κ2) is 5.56. The lowest BCUT2D eigenvalue weighted by Gasteiger charge is -2.37. The van der Waals surface area contributed by atoms with Gasteiger partial charge in [-0.1, -0.05) is 0 Å². The molecule has 1 aliphatic heterocycles. The Bertz CT molecular complexity index is 524. The van der Waals surface area contributed by atoms with E-state index >= 15 is 0 Å². The first-order chi connectivity index (χ1) is 8.88. The fraction of sp³-hybridized carbons (Fsp3) is 0.636. The molecule has 1 fully saturated rings. The summed E-state index contributed by atoms with van der Waals surface area (Å²) < 4.78 is 49.8. The van der Waals surface area contributed by atoms with Gasteiger partial charge in [0.05, 0.1) is 6.26 Å². The van der Waals surface area contributed by atoms with Crippen LogP contribution in [0.5, 0.6) is 0 Å². The van der Waals surface area contributed by atoms with Gasteiger partial charge in [0.15, 0.2) is 0 Å². The van der Waals surface area contributed by atoms with E-state index in [2.05, 4.69) is 5.32 Å². The molecule has 5 nitrogen and oxygen atoms in total. The number of nitrogens with one attached hydrogen (secondary N) is 1. The maximum absolute atomic E-state index is 12.6. The Morgan fingerprint density at radius 3 is 2.74 bits per heavy atom. The van der Waals surface area contributed by atoms with Gasteiger partial charge in [0.25, 0.3) is 0 Å². The standard InChI is InChI=1S/C11H17F2N3O2S/c1-19(17,18)15-7-9(8-15)5-14-6-10-3-2-4-16(10)11(12)13/h2-4,9,11,14H,5-8H2,1H3. The SMILES string of the molecule is CS(=O)(=O)N1CC(CNCc2cccn2C(F)F)C1. The molecule has 1 aromatic rings. The summed E-state index contributed by atoms with van der Waals surface area (Å²) in [5, 5.41) is 3.08. The largest absolute Gasteiger partial charge is 0.318 e. The van der Waals surface area contributed by atoms with Crippen molar-refractivity contribution in [3.05, 3.63) is 24.0 Å². The van der Waals surface area contributed by atoms with Crippen LogP contribution in [0.4, 0.5) is 8.78 Å². The van der Waals surface area contributed by atoms with Gasteiger partial charge in [-0.3, -0.25) is 4.57 Å². The van der Waals surface area contributed by atoms with Gasteiger partial charge in [0.1, 0.15) is 0 Å². The monoisotopic (exact) mass is 293 g/mol. The Morgan fingerprint density at radius 1 is 1.47 bits per heavy atom. The maximum atomic E-state index is 12.6. The molecule has 0 aromatic carbocycles. The molecule has 0 saturated carbocycles. The van der Waals surface area contributed by atoms with Gasteiger partial charge < -0.3 is 5.32 Å². The highest BCUT2D eigenvalue weighted by atomic mass is 32.2. The number of aromatic nitrogens is 1. The van der Waals surface area contributed by atoms with Crippen LogP contribution in [-0.4, -0.2) is 43.2 Å². The zero-order valence-corrected chi connectivity index (χ0v) is 11.4. The van der Waals surface area contributed by atoms with Crippen molar-refractivity contribution in [2.45, 2.75) is 13.1 Å². The third-order valence-electron chi connectivity index (χ3n) is 3.21. The molecule has 0 unspecified atom stereocenters. The van der Waals surface area contributed by atoms with E-state index in [9.17, 15) is 17.2 Å². The van der Waals surface area contributed by atoms with E-state index in [1.54, 1.807) is 12.1 Å². The van der Waals surface area contributed by atoms with Crippen molar-refractivity contribution in [3.63, 3.8) is 0 Å². The summed E-state index contributed by atoms with van der Waals surface area (Å²) in [5.74, 6) is 0.254. The first-order valence-electron chi connectivity index (χ1n) is 5.97. The Hall–Kier alpha value is -0.990. The second-order valence-corrected chi connectivity index (χ2v) is 6.74. The highest BCUT2D eigenvalue weighted by Gasteiger charge is 2.32. The average Bonchev–Trinajstić information content (AvgIpc) is 2.67. The average molecular weight is 293 g/mol. The molecule has 0 atom stereocenters. The minimum absolute atomic E-state index is 0.254. The lowest BCUT2D eigenvalue weighted by Crippen LogP contribution is -2.52. The van der Waals surface area contributed by atoms with E-state index < -0.39 is 16.6 Å². The van der Waals surface area contributed by atoms with Crippen molar-refractivity contribution in [2.24, 2.45) is 5.92 Å². The number of nitrogens with zero attached hydrogens (tertiary/aromatic N) is 2. The minimum Gasteiger partial charge on any atom is -0.311 e. The number of hydrogen-bond donors (Lipinski definition) is 1. The molecule has 0 aliphatic carbocycles. The Kier molecular flexibility index (Phi) is 4.22. The van der Waals surface area contributed by atoms with Crippen molar-refractivity contribution in [2.75, 3.05) is 25.9 Å². The van der Waals surface area contributed by atoms with E-state index in [0.29, 0.717) is 31.9 Å². The number of alkyl halides is 2.